The normalized spacial score (nSPS) is 10.9. The summed E-state index contributed by atoms with van der Waals surface area (Å²) in [5.74, 6) is 0.777. The molecule has 8 heteroatoms. The first-order valence-electron chi connectivity index (χ1n) is 10.2. The highest BCUT2D eigenvalue weighted by Gasteiger charge is 2.13. The maximum atomic E-state index is 12.4. The SMILES string of the molecule is COCCOc1ccc2ccccc2c1C=NNc1nc(-c2ccccc2)c(C#N)c(=O)[nH]1. The minimum atomic E-state index is -0.544. The number of benzene rings is 3. The van der Waals surface area contributed by atoms with Crippen molar-refractivity contribution in [1.82, 2.24) is 9.97 Å². The number of aromatic nitrogens is 2. The third-order valence-corrected chi connectivity index (χ3v) is 4.92. The van der Waals surface area contributed by atoms with E-state index in [4.69, 9.17) is 9.47 Å². The predicted molar refractivity (Wildman–Crippen MR) is 128 cm³/mol. The van der Waals surface area contributed by atoms with Crippen LogP contribution in [0.25, 0.3) is 22.0 Å². The van der Waals surface area contributed by atoms with Gasteiger partial charge in [-0.05, 0) is 16.8 Å². The number of nitriles is 1. The summed E-state index contributed by atoms with van der Waals surface area (Å²) >= 11 is 0. The molecule has 33 heavy (non-hydrogen) atoms. The minimum absolute atomic E-state index is 0.0568. The van der Waals surface area contributed by atoms with E-state index in [-0.39, 0.29) is 17.2 Å². The number of aromatic amines is 1. The van der Waals surface area contributed by atoms with Crippen LogP contribution in [-0.4, -0.2) is 36.5 Å². The van der Waals surface area contributed by atoms with E-state index in [1.807, 2.05) is 60.7 Å². The lowest BCUT2D eigenvalue weighted by molar-refractivity contribution is 0.146. The fraction of sp³-hybridized carbons (Fsp3) is 0.120. The lowest BCUT2D eigenvalue weighted by atomic mass is 10.0. The summed E-state index contributed by atoms with van der Waals surface area (Å²) in [6, 6.07) is 22.7. The van der Waals surface area contributed by atoms with E-state index in [0.717, 1.165) is 16.3 Å². The van der Waals surface area contributed by atoms with Gasteiger partial charge in [-0.3, -0.25) is 9.78 Å². The Morgan fingerprint density at radius 1 is 1.09 bits per heavy atom. The van der Waals surface area contributed by atoms with Crippen LogP contribution in [0, 0.1) is 11.3 Å². The number of hydrogen-bond donors (Lipinski definition) is 2. The highest BCUT2D eigenvalue weighted by atomic mass is 16.5. The van der Waals surface area contributed by atoms with Crippen LogP contribution in [0.5, 0.6) is 5.75 Å². The molecule has 0 unspecified atom stereocenters. The molecule has 0 saturated carbocycles. The molecule has 8 nitrogen and oxygen atoms in total. The van der Waals surface area contributed by atoms with Crippen molar-refractivity contribution >= 4 is 22.9 Å². The van der Waals surface area contributed by atoms with Crippen molar-refractivity contribution in [2.45, 2.75) is 0 Å². The topological polar surface area (TPSA) is 112 Å². The number of rotatable bonds is 8. The van der Waals surface area contributed by atoms with Crippen molar-refractivity contribution < 1.29 is 9.47 Å². The summed E-state index contributed by atoms with van der Waals surface area (Å²) in [5.41, 5.74) is 3.89. The van der Waals surface area contributed by atoms with Crippen LogP contribution in [-0.2, 0) is 4.74 Å². The Morgan fingerprint density at radius 3 is 2.67 bits per heavy atom. The number of hydrogen-bond acceptors (Lipinski definition) is 7. The van der Waals surface area contributed by atoms with Crippen LogP contribution in [0.4, 0.5) is 5.95 Å². The highest BCUT2D eigenvalue weighted by molar-refractivity contribution is 6.02. The number of nitrogens with zero attached hydrogens (tertiary/aromatic N) is 3. The van der Waals surface area contributed by atoms with E-state index < -0.39 is 5.56 Å². The summed E-state index contributed by atoms with van der Waals surface area (Å²) in [6.45, 7) is 0.856. The molecule has 0 fully saturated rings. The second-order valence-corrected chi connectivity index (χ2v) is 7.03. The second kappa shape index (κ2) is 10.2. The molecule has 0 spiro atoms. The fourth-order valence-corrected chi connectivity index (χ4v) is 3.36. The number of methoxy groups -OCH3 is 1. The van der Waals surface area contributed by atoms with Crippen molar-refractivity contribution in [2.24, 2.45) is 5.10 Å². The van der Waals surface area contributed by atoms with Crippen molar-refractivity contribution in [3.05, 3.63) is 88.2 Å². The summed E-state index contributed by atoms with van der Waals surface area (Å²) in [5, 5.41) is 15.7. The molecule has 0 saturated heterocycles. The van der Waals surface area contributed by atoms with Crippen molar-refractivity contribution in [1.29, 1.82) is 5.26 Å². The Labute approximate surface area is 190 Å². The Hall–Kier alpha value is -4.48. The van der Waals surface area contributed by atoms with Gasteiger partial charge in [-0.15, -0.1) is 0 Å². The molecule has 4 rings (SSSR count). The van der Waals surface area contributed by atoms with Crippen molar-refractivity contribution in [3.63, 3.8) is 0 Å². The summed E-state index contributed by atoms with van der Waals surface area (Å²) in [7, 11) is 1.62. The molecule has 164 valence electrons. The van der Waals surface area contributed by atoms with Gasteiger partial charge in [0.15, 0.2) is 0 Å². The van der Waals surface area contributed by atoms with E-state index >= 15 is 0 Å². The van der Waals surface area contributed by atoms with E-state index in [2.05, 4.69) is 20.5 Å². The number of hydrazone groups is 1. The molecule has 0 amide bonds. The Balaban J connectivity index is 1.67. The zero-order chi connectivity index (χ0) is 23.0. The number of ether oxygens (including phenoxy) is 2. The quantitative estimate of drug-likeness (QED) is 0.244. The maximum Gasteiger partial charge on any atom is 0.270 e. The molecule has 1 aromatic heterocycles. The Kier molecular flexibility index (Phi) is 6.73. The van der Waals surface area contributed by atoms with Crippen LogP contribution in [0.15, 0.2) is 76.6 Å². The first-order chi connectivity index (χ1) is 16.2. The molecule has 1 heterocycles. The summed E-state index contributed by atoms with van der Waals surface area (Å²) in [4.78, 5) is 19.4. The van der Waals surface area contributed by atoms with E-state index in [1.165, 1.54) is 0 Å². The first kappa shape index (κ1) is 21.7. The van der Waals surface area contributed by atoms with Crippen LogP contribution in [0.1, 0.15) is 11.1 Å². The largest absolute Gasteiger partial charge is 0.490 e. The highest BCUT2D eigenvalue weighted by Crippen LogP contribution is 2.27. The van der Waals surface area contributed by atoms with Crippen LogP contribution >= 0.6 is 0 Å². The van der Waals surface area contributed by atoms with Gasteiger partial charge in [0.25, 0.3) is 5.56 Å². The minimum Gasteiger partial charge on any atom is -0.490 e. The molecule has 2 N–H and O–H groups in total. The van der Waals surface area contributed by atoms with Gasteiger partial charge in [0.1, 0.15) is 24.0 Å². The molecular formula is C25H21N5O3. The number of nitrogens with one attached hydrogen (secondary N) is 2. The number of fused-ring (bicyclic) bond motifs is 1. The van der Waals surface area contributed by atoms with Gasteiger partial charge in [0.05, 0.1) is 18.5 Å². The zero-order valence-electron chi connectivity index (χ0n) is 17.9. The first-order valence-corrected chi connectivity index (χ1v) is 10.2. The van der Waals surface area contributed by atoms with Gasteiger partial charge in [-0.2, -0.15) is 10.4 Å². The predicted octanol–water partition coefficient (Wildman–Crippen LogP) is 3.93. The van der Waals surface area contributed by atoms with Gasteiger partial charge in [-0.1, -0.05) is 60.7 Å². The monoisotopic (exact) mass is 439 g/mol. The third kappa shape index (κ3) is 4.89. The molecule has 0 radical (unpaired) electrons. The molecule has 3 aromatic carbocycles. The van der Waals surface area contributed by atoms with Gasteiger partial charge < -0.3 is 9.47 Å². The van der Waals surface area contributed by atoms with E-state index in [0.29, 0.717) is 24.5 Å². The zero-order valence-corrected chi connectivity index (χ0v) is 17.9. The molecule has 0 aliphatic heterocycles. The lowest BCUT2D eigenvalue weighted by Crippen LogP contribution is -2.16. The number of H-pyrrole nitrogens is 1. The number of anilines is 1. The van der Waals surface area contributed by atoms with Gasteiger partial charge >= 0.3 is 0 Å². The third-order valence-electron chi connectivity index (χ3n) is 4.92. The van der Waals surface area contributed by atoms with Gasteiger partial charge in [0.2, 0.25) is 5.95 Å². The second-order valence-electron chi connectivity index (χ2n) is 7.03. The smallest absolute Gasteiger partial charge is 0.270 e. The maximum absolute atomic E-state index is 12.4. The molecule has 0 aliphatic carbocycles. The fourth-order valence-electron chi connectivity index (χ4n) is 3.36. The van der Waals surface area contributed by atoms with Crippen molar-refractivity contribution in [3.8, 4) is 23.1 Å². The molecule has 0 atom stereocenters. The Morgan fingerprint density at radius 2 is 1.88 bits per heavy atom. The van der Waals surface area contributed by atoms with Crippen LogP contribution in [0.2, 0.25) is 0 Å². The van der Waals surface area contributed by atoms with Crippen LogP contribution < -0.4 is 15.7 Å². The lowest BCUT2D eigenvalue weighted by Gasteiger charge is -2.11. The van der Waals surface area contributed by atoms with Crippen molar-refractivity contribution in [2.75, 3.05) is 25.7 Å². The average molecular weight is 439 g/mol. The molecule has 0 bridgehead atoms. The summed E-state index contributed by atoms with van der Waals surface area (Å²) in [6.07, 6.45) is 1.62. The molecular weight excluding hydrogens is 418 g/mol. The average Bonchev–Trinajstić information content (AvgIpc) is 2.85. The molecule has 0 aliphatic rings. The van der Waals surface area contributed by atoms with E-state index in [9.17, 15) is 10.1 Å². The van der Waals surface area contributed by atoms with Crippen LogP contribution in [0.3, 0.4) is 0 Å². The van der Waals surface area contributed by atoms with E-state index in [1.54, 1.807) is 25.5 Å². The Bertz CT molecular complexity index is 1390. The van der Waals surface area contributed by atoms with Gasteiger partial charge in [0, 0.05) is 18.2 Å². The molecule has 4 aromatic rings. The van der Waals surface area contributed by atoms with Gasteiger partial charge in [-0.25, -0.2) is 10.4 Å². The standard InChI is InChI=1S/C25H21N5O3/c1-32-13-14-33-22-12-11-17-7-5-6-10-19(17)21(22)16-27-30-25-28-23(18-8-3-2-4-9-18)20(15-26)24(31)29-25/h2-12,16H,13-14H2,1H3,(H2,28,29,30,31). The summed E-state index contributed by atoms with van der Waals surface area (Å²) < 4.78 is 10.9.